The fourth-order valence-electron chi connectivity index (χ4n) is 3.82. The van der Waals surface area contributed by atoms with Crippen LogP contribution >= 0.6 is 0 Å². The number of benzene rings is 3. The zero-order valence-electron chi connectivity index (χ0n) is 13.1. The summed E-state index contributed by atoms with van der Waals surface area (Å²) in [4.78, 5) is 2.21. The van der Waals surface area contributed by atoms with Crippen LogP contribution in [0.3, 0.4) is 0 Å². The Kier molecular flexibility index (Phi) is 3.21. The third-order valence-corrected chi connectivity index (χ3v) is 4.95. The zero-order valence-corrected chi connectivity index (χ0v) is 13.1. The van der Waals surface area contributed by atoms with Crippen LogP contribution in [0.5, 0.6) is 0 Å². The van der Waals surface area contributed by atoms with E-state index in [0.29, 0.717) is 0 Å². The summed E-state index contributed by atoms with van der Waals surface area (Å²) in [6.07, 6.45) is 0. The van der Waals surface area contributed by atoms with Crippen LogP contribution in [-0.2, 0) is 5.41 Å². The predicted octanol–water partition coefficient (Wildman–Crippen LogP) is 4.09. The van der Waals surface area contributed by atoms with Gasteiger partial charge in [0.1, 0.15) is 0 Å². The highest BCUT2D eigenvalue weighted by Crippen LogP contribution is 2.51. The minimum atomic E-state index is -0.527. The molecule has 1 aliphatic rings. The van der Waals surface area contributed by atoms with Crippen molar-refractivity contribution in [1.82, 2.24) is 0 Å². The second kappa shape index (κ2) is 5.25. The molecular formula is C21H19NO. The first kappa shape index (κ1) is 14.0. The molecule has 0 fully saturated rings. The van der Waals surface area contributed by atoms with E-state index in [1.165, 1.54) is 0 Å². The molecule has 0 amide bonds. The summed E-state index contributed by atoms with van der Waals surface area (Å²) in [5, 5.41) is 10.6. The molecule has 2 nitrogen and oxygen atoms in total. The number of hydrogen-bond acceptors (Lipinski definition) is 2. The monoisotopic (exact) mass is 301 g/mol. The summed E-state index contributed by atoms with van der Waals surface area (Å²) in [5.41, 5.74) is 5.18. The second-order valence-corrected chi connectivity index (χ2v) is 6.02. The third kappa shape index (κ3) is 1.85. The predicted molar refractivity (Wildman–Crippen MR) is 94.4 cm³/mol. The quantitative estimate of drug-likeness (QED) is 0.770. The standard InChI is InChI=1S/C21H19NO/c1-22-19-13-7-5-11-17(19)21(15-23,16-9-3-2-4-10-16)18-12-6-8-14-20(18)22/h2-14,23H,15H2,1H3. The number of aliphatic hydroxyl groups excluding tert-OH is 1. The van der Waals surface area contributed by atoms with Crippen LogP contribution in [0.25, 0.3) is 0 Å². The number of hydrogen-bond donors (Lipinski definition) is 1. The second-order valence-electron chi connectivity index (χ2n) is 6.02. The molecule has 2 heteroatoms. The average molecular weight is 301 g/mol. The minimum Gasteiger partial charge on any atom is -0.395 e. The molecule has 0 radical (unpaired) electrons. The SMILES string of the molecule is CN1c2ccccc2C(CO)(c2ccccc2)c2ccccc21. The lowest BCUT2D eigenvalue weighted by Gasteiger charge is -2.44. The van der Waals surface area contributed by atoms with Gasteiger partial charge in [0.2, 0.25) is 0 Å². The molecule has 114 valence electrons. The first-order chi connectivity index (χ1) is 11.3. The van der Waals surface area contributed by atoms with Crippen LogP contribution < -0.4 is 4.90 Å². The lowest BCUT2D eigenvalue weighted by molar-refractivity contribution is 0.242. The van der Waals surface area contributed by atoms with Crippen molar-refractivity contribution in [3.8, 4) is 0 Å². The van der Waals surface area contributed by atoms with Gasteiger partial charge in [0.15, 0.2) is 0 Å². The summed E-state index contributed by atoms with van der Waals surface area (Å²) in [7, 11) is 2.09. The molecule has 0 aliphatic carbocycles. The molecule has 0 saturated carbocycles. The Morgan fingerprint density at radius 1 is 0.739 bits per heavy atom. The lowest BCUT2D eigenvalue weighted by atomic mass is 9.67. The summed E-state index contributed by atoms with van der Waals surface area (Å²) in [6, 6.07) is 27.0. The molecule has 0 bridgehead atoms. The van der Waals surface area contributed by atoms with Gasteiger partial charge in [0.25, 0.3) is 0 Å². The maximum Gasteiger partial charge on any atom is 0.0722 e. The van der Waals surface area contributed by atoms with Crippen molar-refractivity contribution in [3.05, 3.63) is 95.6 Å². The van der Waals surface area contributed by atoms with Gasteiger partial charge in [-0.25, -0.2) is 0 Å². The maximum absolute atomic E-state index is 10.6. The molecule has 1 N–H and O–H groups in total. The van der Waals surface area contributed by atoms with Crippen molar-refractivity contribution in [2.75, 3.05) is 18.6 Å². The highest BCUT2D eigenvalue weighted by atomic mass is 16.3. The minimum absolute atomic E-state index is 0.0406. The molecule has 3 aromatic carbocycles. The number of nitrogens with zero attached hydrogens (tertiary/aromatic N) is 1. The molecule has 0 saturated heterocycles. The van der Waals surface area contributed by atoms with Crippen LogP contribution in [0.15, 0.2) is 78.9 Å². The molecule has 0 unspecified atom stereocenters. The van der Waals surface area contributed by atoms with Crippen LogP contribution in [0.4, 0.5) is 11.4 Å². The molecule has 4 rings (SSSR count). The Morgan fingerprint density at radius 3 is 1.74 bits per heavy atom. The van der Waals surface area contributed by atoms with Crippen molar-refractivity contribution in [1.29, 1.82) is 0 Å². The van der Waals surface area contributed by atoms with E-state index in [1.807, 2.05) is 30.3 Å². The Bertz CT molecular complexity index is 794. The Morgan fingerprint density at radius 2 is 1.22 bits per heavy atom. The van der Waals surface area contributed by atoms with Gasteiger partial charge in [-0.15, -0.1) is 0 Å². The van der Waals surface area contributed by atoms with E-state index in [-0.39, 0.29) is 6.61 Å². The Balaban J connectivity index is 2.12. The number of rotatable bonds is 2. The summed E-state index contributed by atoms with van der Waals surface area (Å²) < 4.78 is 0. The Hall–Kier alpha value is -2.58. The molecule has 23 heavy (non-hydrogen) atoms. The van der Waals surface area contributed by atoms with E-state index in [2.05, 4.69) is 60.5 Å². The van der Waals surface area contributed by atoms with Gasteiger partial charge in [-0.2, -0.15) is 0 Å². The van der Waals surface area contributed by atoms with Gasteiger partial charge in [0.05, 0.1) is 12.0 Å². The van der Waals surface area contributed by atoms with Crippen molar-refractivity contribution >= 4 is 11.4 Å². The molecule has 1 heterocycles. The van der Waals surface area contributed by atoms with E-state index < -0.39 is 5.41 Å². The highest BCUT2D eigenvalue weighted by Gasteiger charge is 2.43. The van der Waals surface area contributed by atoms with Gasteiger partial charge in [0, 0.05) is 18.4 Å². The van der Waals surface area contributed by atoms with Crippen LogP contribution in [-0.4, -0.2) is 18.8 Å². The van der Waals surface area contributed by atoms with Gasteiger partial charge in [-0.1, -0.05) is 66.7 Å². The lowest BCUT2D eigenvalue weighted by Crippen LogP contribution is -2.39. The first-order valence-corrected chi connectivity index (χ1v) is 7.88. The van der Waals surface area contributed by atoms with Gasteiger partial charge >= 0.3 is 0 Å². The first-order valence-electron chi connectivity index (χ1n) is 7.88. The molecule has 1 aliphatic heterocycles. The van der Waals surface area contributed by atoms with E-state index in [4.69, 9.17) is 0 Å². The number of fused-ring (bicyclic) bond motifs is 2. The fraction of sp³-hybridized carbons (Fsp3) is 0.143. The maximum atomic E-state index is 10.6. The highest BCUT2D eigenvalue weighted by molar-refractivity contribution is 5.80. The van der Waals surface area contributed by atoms with Gasteiger partial charge < -0.3 is 10.0 Å². The largest absolute Gasteiger partial charge is 0.395 e. The fourth-order valence-corrected chi connectivity index (χ4v) is 3.82. The number of anilines is 2. The normalized spacial score (nSPS) is 15.0. The van der Waals surface area contributed by atoms with E-state index in [1.54, 1.807) is 0 Å². The van der Waals surface area contributed by atoms with Crippen molar-refractivity contribution in [2.45, 2.75) is 5.41 Å². The molecule has 0 spiro atoms. The number of para-hydroxylation sites is 2. The topological polar surface area (TPSA) is 23.5 Å². The van der Waals surface area contributed by atoms with E-state index in [0.717, 1.165) is 28.1 Å². The summed E-state index contributed by atoms with van der Waals surface area (Å²) in [6.45, 7) is 0.0406. The summed E-state index contributed by atoms with van der Waals surface area (Å²) in [5.74, 6) is 0. The Labute approximate surface area is 136 Å². The van der Waals surface area contributed by atoms with E-state index in [9.17, 15) is 5.11 Å². The third-order valence-electron chi connectivity index (χ3n) is 4.95. The average Bonchev–Trinajstić information content (AvgIpc) is 2.64. The van der Waals surface area contributed by atoms with Crippen molar-refractivity contribution in [2.24, 2.45) is 0 Å². The molecule has 0 atom stereocenters. The molecule has 3 aromatic rings. The molecule has 0 aromatic heterocycles. The van der Waals surface area contributed by atoms with Crippen molar-refractivity contribution < 1.29 is 5.11 Å². The van der Waals surface area contributed by atoms with Gasteiger partial charge in [-0.05, 0) is 28.8 Å². The zero-order chi connectivity index (χ0) is 15.9. The van der Waals surface area contributed by atoms with Crippen LogP contribution in [0.2, 0.25) is 0 Å². The van der Waals surface area contributed by atoms with Crippen molar-refractivity contribution in [3.63, 3.8) is 0 Å². The smallest absolute Gasteiger partial charge is 0.0722 e. The molecular weight excluding hydrogens is 282 g/mol. The number of aliphatic hydroxyl groups is 1. The van der Waals surface area contributed by atoms with Crippen LogP contribution in [0.1, 0.15) is 16.7 Å². The van der Waals surface area contributed by atoms with E-state index >= 15 is 0 Å². The van der Waals surface area contributed by atoms with Crippen LogP contribution in [0, 0.1) is 0 Å². The summed E-state index contributed by atoms with van der Waals surface area (Å²) >= 11 is 0. The van der Waals surface area contributed by atoms with Gasteiger partial charge in [-0.3, -0.25) is 0 Å².